The van der Waals surface area contributed by atoms with Gasteiger partial charge in [0.05, 0.1) is 10.6 Å². The molecule has 7 nitrogen and oxygen atoms in total. The lowest BCUT2D eigenvalue weighted by Gasteiger charge is -2.33. The highest BCUT2D eigenvalue weighted by molar-refractivity contribution is 7.92. The number of hydrogen-bond acceptors (Lipinski definition) is 4. The minimum absolute atomic E-state index is 0.0678. The number of hydrogen-bond donors (Lipinski definition) is 1. The number of anilines is 1. The Hall–Kier alpha value is -3.36. The minimum Gasteiger partial charge on any atom is -0.352 e. The van der Waals surface area contributed by atoms with Crippen LogP contribution in [0.4, 0.5) is 5.69 Å². The maximum Gasteiger partial charge on any atom is 0.264 e. The van der Waals surface area contributed by atoms with E-state index in [1.165, 1.54) is 17.0 Å². The second kappa shape index (κ2) is 13.6. The first-order valence-electron chi connectivity index (χ1n) is 13.1. The largest absolute Gasteiger partial charge is 0.352 e. The number of amides is 2. The van der Waals surface area contributed by atoms with Gasteiger partial charge in [-0.2, -0.15) is 0 Å². The maximum atomic E-state index is 14.0. The molecular weight excluding hydrogens is 534 g/mol. The van der Waals surface area contributed by atoms with E-state index in [4.69, 9.17) is 11.6 Å². The standard InChI is InChI=1S/C30H36ClN3O4S/c1-5-23(4)32-30(36)28(6-2)33(20-24-14-16-25(31)17-15-24)29(35)21-34(26-10-8-7-9-11-26)39(37,38)27-18-12-22(3)13-19-27/h7-19,23,28H,5-6,20-21H2,1-4H3,(H,32,36)/t23-,28-/m0/s1. The van der Waals surface area contributed by atoms with Crippen molar-refractivity contribution in [2.75, 3.05) is 10.8 Å². The van der Waals surface area contributed by atoms with Crippen LogP contribution >= 0.6 is 11.6 Å². The van der Waals surface area contributed by atoms with Crippen molar-refractivity contribution in [3.05, 3.63) is 95.0 Å². The number of nitrogens with zero attached hydrogens (tertiary/aromatic N) is 2. The van der Waals surface area contributed by atoms with Crippen molar-refractivity contribution in [1.29, 1.82) is 0 Å². The fourth-order valence-corrected chi connectivity index (χ4v) is 5.65. The van der Waals surface area contributed by atoms with Gasteiger partial charge in [-0.15, -0.1) is 0 Å². The third-order valence-corrected chi connectivity index (χ3v) is 8.63. The fourth-order valence-electron chi connectivity index (χ4n) is 4.11. The Morgan fingerprint density at radius 3 is 2.08 bits per heavy atom. The van der Waals surface area contributed by atoms with Crippen LogP contribution in [0.25, 0.3) is 0 Å². The molecule has 0 aliphatic rings. The van der Waals surface area contributed by atoms with Crippen LogP contribution in [0.2, 0.25) is 5.02 Å². The van der Waals surface area contributed by atoms with Gasteiger partial charge in [-0.05, 0) is 68.7 Å². The van der Waals surface area contributed by atoms with E-state index in [1.54, 1.807) is 66.7 Å². The van der Waals surface area contributed by atoms with Crippen LogP contribution in [0.5, 0.6) is 0 Å². The monoisotopic (exact) mass is 569 g/mol. The molecule has 2 atom stereocenters. The number of rotatable bonds is 12. The molecule has 3 rings (SSSR count). The molecule has 0 aliphatic carbocycles. The molecule has 0 fully saturated rings. The van der Waals surface area contributed by atoms with Gasteiger partial charge in [-0.1, -0.05) is 73.5 Å². The highest BCUT2D eigenvalue weighted by Gasteiger charge is 2.33. The Labute approximate surface area is 236 Å². The molecule has 0 saturated carbocycles. The Morgan fingerprint density at radius 1 is 0.897 bits per heavy atom. The molecule has 0 unspecified atom stereocenters. The number of halogens is 1. The molecule has 1 N–H and O–H groups in total. The molecule has 2 amide bonds. The molecule has 3 aromatic carbocycles. The van der Waals surface area contributed by atoms with E-state index in [9.17, 15) is 18.0 Å². The second-order valence-corrected chi connectivity index (χ2v) is 11.8. The summed E-state index contributed by atoms with van der Waals surface area (Å²) in [6, 6.07) is 21.2. The first kappa shape index (κ1) is 30.2. The van der Waals surface area contributed by atoms with E-state index in [-0.39, 0.29) is 23.4 Å². The van der Waals surface area contributed by atoms with Gasteiger partial charge in [-0.25, -0.2) is 8.42 Å². The average Bonchev–Trinajstić information content (AvgIpc) is 2.93. The molecule has 9 heteroatoms. The predicted octanol–water partition coefficient (Wildman–Crippen LogP) is 5.57. The van der Waals surface area contributed by atoms with Crippen LogP contribution in [0.3, 0.4) is 0 Å². The van der Waals surface area contributed by atoms with Crippen LogP contribution in [-0.4, -0.2) is 43.8 Å². The third-order valence-electron chi connectivity index (χ3n) is 6.59. The van der Waals surface area contributed by atoms with Gasteiger partial charge in [0, 0.05) is 17.6 Å². The summed E-state index contributed by atoms with van der Waals surface area (Å²) in [5, 5.41) is 3.52. The zero-order chi connectivity index (χ0) is 28.6. The molecule has 0 aromatic heterocycles. The molecule has 0 bridgehead atoms. The van der Waals surface area contributed by atoms with Crippen molar-refractivity contribution < 1.29 is 18.0 Å². The van der Waals surface area contributed by atoms with Crippen molar-refractivity contribution in [2.45, 2.75) is 64.1 Å². The number of carbonyl (C=O) groups is 2. The Bertz CT molecular complexity index is 1350. The number of sulfonamides is 1. The van der Waals surface area contributed by atoms with Gasteiger partial charge in [-0.3, -0.25) is 13.9 Å². The normalized spacial score (nSPS) is 12.8. The second-order valence-electron chi connectivity index (χ2n) is 9.55. The Kier molecular flexibility index (Phi) is 10.5. The van der Waals surface area contributed by atoms with Gasteiger partial charge in [0.1, 0.15) is 12.6 Å². The van der Waals surface area contributed by atoms with E-state index < -0.39 is 28.5 Å². The van der Waals surface area contributed by atoms with Crippen molar-refractivity contribution in [1.82, 2.24) is 10.2 Å². The topological polar surface area (TPSA) is 86.8 Å². The molecule has 0 aliphatic heterocycles. The molecule has 208 valence electrons. The summed E-state index contributed by atoms with van der Waals surface area (Å²) in [7, 11) is -4.09. The first-order chi connectivity index (χ1) is 18.6. The summed E-state index contributed by atoms with van der Waals surface area (Å²) >= 11 is 6.06. The number of aryl methyl sites for hydroxylation is 1. The quantitative estimate of drug-likeness (QED) is 0.309. The fraction of sp³-hybridized carbons (Fsp3) is 0.333. The zero-order valence-corrected chi connectivity index (χ0v) is 24.4. The van der Waals surface area contributed by atoms with Crippen molar-refractivity contribution in [2.24, 2.45) is 0 Å². The van der Waals surface area contributed by atoms with E-state index in [1.807, 2.05) is 27.7 Å². The van der Waals surface area contributed by atoms with Crippen molar-refractivity contribution >= 4 is 39.1 Å². The van der Waals surface area contributed by atoms with Gasteiger partial charge >= 0.3 is 0 Å². The Balaban J connectivity index is 2.02. The van der Waals surface area contributed by atoms with E-state index in [0.717, 1.165) is 21.9 Å². The Morgan fingerprint density at radius 2 is 1.51 bits per heavy atom. The zero-order valence-electron chi connectivity index (χ0n) is 22.8. The lowest BCUT2D eigenvalue weighted by atomic mass is 10.1. The number of para-hydroxylation sites is 1. The third kappa shape index (κ3) is 7.83. The van der Waals surface area contributed by atoms with E-state index in [2.05, 4.69) is 5.32 Å². The van der Waals surface area contributed by atoms with Crippen molar-refractivity contribution in [3.8, 4) is 0 Å². The number of nitrogens with one attached hydrogen (secondary N) is 1. The summed E-state index contributed by atoms with van der Waals surface area (Å²) < 4.78 is 28.7. The SMILES string of the molecule is CC[C@H](C)NC(=O)[C@H](CC)N(Cc1ccc(Cl)cc1)C(=O)CN(c1ccccc1)S(=O)(=O)c1ccc(C)cc1. The van der Waals surface area contributed by atoms with Crippen LogP contribution in [0.1, 0.15) is 44.7 Å². The summed E-state index contributed by atoms with van der Waals surface area (Å²) in [6.45, 7) is 7.23. The first-order valence-corrected chi connectivity index (χ1v) is 14.9. The lowest BCUT2D eigenvalue weighted by Crippen LogP contribution is -2.53. The summed E-state index contributed by atoms with van der Waals surface area (Å²) in [4.78, 5) is 28.8. The maximum absolute atomic E-state index is 14.0. The van der Waals surface area contributed by atoms with Crippen LogP contribution in [-0.2, 0) is 26.2 Å². The minimum atomic E-state index is -4.09. The van der Waals surface area contributed by atoms with Crippen molar-refractivity contribution in [3.63, 3.8) is 0 Å². The molecular formula is C30H36ClN3O4S. The number of benzene rings is 3. The van der Waals surface area contributed by atoms with Gasteiger partial charge in [0.2, 0.25) is 11.8 Å². The highest BCUT2D eigenvalue weighted by atomic mass is 35.5. The van der Waals surface area contributed by atoms with Crippen LogP contribution in [0.15, 0.2) is 83.8 Å². The van der Waals surface area contributed by atoms with Crippen LogP contribution < -0.4 is 9.62 Å². The molecule has 3 aromatic rings. The predicted molar refractivity (Wildman–Crippen MR) is 156 cm³/mol. The van der Waals surface area contributed by atoms with Gasteiger partial charge < -0.3 is 10.2 Å². The van der Waals surface area contributed by atoms with Crippen LogP contribution in [0, 0.1) is 6.92 Å². The van der Waals surface area contributed by atoms with Gasteiger partial charge in [0.25, 0.3) is 10.0 Å². The van der Waals surface area contributed by atoms with E-state index >= 15 is 0 Å². The lowest BCUT2D eigenvalue weighted by molar-refractivity contribution is -0.140. The molecule has 0 saturated heterocycles. The summed E-state index contributed by atoms with van der Waals surface area (Å²) in [6.07, 6.45) is 1.10. The molecule has 0 radical (unpaired) electrons. The highest BCUT2D eigenvalue weighted by Crippen LogP contribution is 2.25. The summed E-state index contributed by atoms with van der Waals surface area (Å²) in [5.41, 5.74) is 2.05. The summed E-state index contributed by atoms with van der Waals surface area (Å²) in [5.74, 6) is -0.766. The molecule has 39 heavy (non-hydrogen) atoms. The van der Waals surface area contributed by atoms with E-state index in [0.29, 0.717) is 17.1 Å². The average molecular weight is 570 g/mol. The smallest absolute Gasteiger partial charge is 0.264 e. The molecule has 0 spiro atoms. The van der Waals surface area contributed by atoms with Gasteiger partial charge in [0.15, 0.2) is 0 Å². The number of carbonyl (C=O) groups excluding carboxylic acids is 2. The molecule has 0 heterocycles.